The van der Waals surface area contributed by atoms with Gasteiger partial charge in [0, 0.05) is 7.05 Å². The monoisotopic (exact) mass is 126 g/mol. The highest BCUT2D eigenvalue weighted by Gasteiger charge is 1.97. The molecule has 0 saturated carbocycles. The Kier molecular flexibility index (Phi) is 1.44. The minimum Gasteiger partial charge on any atom is -0.339 e. The number of aromatic nitrogens is 3. The molecule has 1 amide bonds. The second-order valence-corrected chi connectivity index (χ2v) is 1.40. The van der Waals surface area contributed by atoms with Crippen LogP contribution in [-0.2, 0) is 0 Å². The fourth-order valence-corrected chi connectivity index (χ4v) is 0.431. The zero-order valence-corrected chi connectivity index (χ0v) is 4.90. The Hall–Kier alpha value is -1.39. The van der Waals surface area contributed by atoms with Crippen LogP contribution in [0.15, 0.2) is 12.4 Å². The maximum atomic E-state index is 10.6. The zero-order chi connectivity index (χ0) is 6.69. The Balaban J connectivity index is 2.77. The second kappa shape index (κ2) is 2.25. The van der Waals surface area contributed by atoms with Crippen LogP contribution in [0, 0.1) is 0 Å². The standard InChI is InChI=1S/C4H6N4O/c1-5-4(9)8-3-2-6-7-8/h2-3H,1H3,(H,5,9). The van der Waals surface area contributed by atoms with Gasteiger partial charge in [-0.3, -0.25) is 0 Å². The van der Waals surface area contributed by atoms with Crippen molar-refractivity contribution >= 4 is 6.03 Å². The van der Waals surface area contributed by atoms with E-state index in [2.05, 4.69) is 15.6 Å². The van der Waals surface area contributed by atoms with Gasteiger partial charge in [0.1, 0.15) is 0 Å². The Labute approximate surface area is 51.7 Å². The summed E-state index contributed by atoms with van der Waals surface area (Å²) in [5, 5.41) is 9.27. The Morgan fingerprint density at radius 1 is 1.78 bits per heavy atom. The Bertz CT molecular complexity index is 192. The molecule has 0 aromatic carbocycles. The van der Waals surface area contributed by atoms with Gasteiger partial charge < -0.3 is 5.32 Å². The minimum absolute atomic E-state index is 0.285. The molecule has 0 aliphatic carbocycles. The largest absolute Gasteiger partial charge is 0.343 e. The first-order valence-electron chi connectivity index (χ1n) is 2.43. The number of rotatable bonds is 0. The van der Waals surface area contributed by atoms with Crippen LogP contribution in [0.1, 0.15) is 0 Å². The third-order valence-corrected chi connectivity index (χ3v) is 0.844. The highest BCUT2D eigenvalue weighted by atomic mass is 16.2. The normalized spacial score (nSPS) is 9.00. The van der Waals surface area contributed by atoms with E-state index < -0.39 is 0 Å². The molecule has 0 bridgehead atoms. The molecule has 0 aliphatic rings. The lowest BCUT2D eigenvalue weighted by molar-refractivity contribution is 0.241. The van der Waals surface area contributed by atoms with Crippen molar-refractivity contribution in [2.45, 2.75) is 0 Å². The van der Waals surface area contributed by atoms with Crippen LogP contribution in [0.5, 0.6) is 0 Å². The summed E-state index contributed by atoms with van der Waals surface area (Å²) >= 11 is 0. The number of carbonyl (C=O) groups is 1. The first kappa shape index (κ1) is 5.74. The molecule has 0 atom stereocenters. The van der Waals surface area contributed by atoms with Crippen LogP contribution in [0.2, 0.25) is 0 Å². The van der Waals surface area contributed by atoms with Gasteiger partial charge in [-0.15, -0.1) is 5.10 Å². The molecule has 9 heavy (non-hydrogen) atoms. The van der Waals surface area contributed by atoms with Crippen LogP contribution in [0.4, 0.5) is 4.79 Å². The summed E-state index contributed by atoms with van der Waals surface area (Å²) in [7, 11) is 1.53. The molecule has 1 aromatic rings. The quantitative estimate of drug-likeness (QED) is 0.508. The Morgan fingerprint density at radius 2 is 2.56 bits per heavy atom. The lowest BCUT2D eigenvalue weighted by Gasteiger charge is -1.93. The van der Waals surface area contributed by atoms with Crippen LogP contribution in [-0.4, -0.2) is 28.1 Å². The first-order valence-corrected chi connectivity index (χ1v) is 2.43. The molecule has 0 saturated heterocycles. The molecule has 0 fully saturated rings. The van der Waals surface area contributed by atoms with Crippen LogP contribution >= 0.6 is 0 Å². The summed E-state index contributed by atoms with van der Waals surface area (Å²) in [6.07, 6.45) is 2.91. The van der Waals surface area contributed by atoms with Crippen molar-refractivity contribution < 1.29 is 4.79 Å². The molecule has 1 heterocycles. The molecular weight excluding hydrogens is 120 g/mol. The molecule has 0 unspecified atom stereocenters. The summed E-state index contributed by atoms with van der Waals surface area (Å²) in [6.45, 7) is 0. The maximum absolute atomic E-state index is 10.6. The maximum Gasteiger partial charge on any atom is 0.343 e. The van der Waals surface area contributed by atoms with E-state index in [9.17, 15) is 4.79 Å². The number of nitrogens with zero attached hydrogens (tertiary/aromatic N) is 3. The summed E-state index contributed by atoms with van der Waals surface area (Å²) in [4.78, 5) is 10.6. The van der Waals surface area contributed by atoms with Crippen molar-refractivity contribution in [3.8, 4) is 0 Å². The molecule has 48 valence electrons. The molecule has 0 radical (unpaired) electrons. The summed E-state index contributed by atoms with van der Waals surface area (Å²) in [6, 6.07) is -0.285. The van der Waals surface area contributed by atoms with Crippen molar-refractivity contribution in [1.82, 2.24) is 20.3 Å². The summed E-state index contributed by atoms with van der Waals surface area (Å²) < 4.78 is 1.11. The van der Waals surface area contributed by atoms with Gasteiger partial charge in [0.2, 0.25) is 0 Å². The van der Waals surface area contributed by atoms with E-state index in [1.807, 2.05) is 0 Å². The van der Waals surface area contributed by atoms with Crippen molar-refractivity contribution in [3.05, 3.63) is 12.4 Å². The third-order valence-electron chi connectivity index (χ3n) is 0.844. The minimum atomic E-state index is -0.285. The van der Waals surface area contributed by atoms with Crippen molar-refractivity contribution in [2.24, 2.45) is 0 Å². The van der Waals surface area contributed by atoms with Gasteiger partial charge in [0.25, 0.3) is 0 Å². The average Bonchev–Trinajstić information content (AvgIpc) is 2.37. The third kappa shape index (κ3) is 1.04. The average molecular weight is 126 g/mol. The van der Waals surface area contributed by atoms with E-state index >= 15 is 0 Å². The lowest BCUT2D eigenvalue weighted by atomic mass is 10.9. The predicted octanol–water partition coefficient (Wildman–Crippen LogP) is -0.534. The lowest BCUT2D eigenvalue weighted by Crippen LogP contribution is -2.24. The molecule has 1 N–H and O–H groups in total. The topological polar surface area (TPSA) is 59.8 Å². The van der Waals surface area contributed by atoms with Crippen LogP contribution in [0.25, 0.3) is 0 Å². The zero-order valence-electron chi connectivity index (χ0n) is 4.90. The van der Waals surface area contributed by atoms with E-state index in [0.717, 1.165) is 4.68 Å². The van der Waals surface area contributed by atoms with Crippen LogP contribution < -0.4 is 5.32 Å². The highest BCUT2D eigenvalue weighted by molar-refractivity contribution is 5.74. The van der Waals surface area contributed by atoms with Gasteiger partial charge in [-0.1, -0.05) is 5.21 Å². The number of hydrogen-bond donors (Lipinski definition) is 1. The van der Waals surface area contributed by atoms with E-state index in [4.69, 9.17) is 0 Å². The summed E-state index contributed by atoms with van der Waals surface area (Å²) in [5.74, 6) is 0. The second-order valence-electron chi connectivity index (χ2n) is 1.40. The van der Waals surface area contributed by atoms with Crippen molar-refractivity contribution in [2.75, 3.05) is 7.05 Å². The molecule has 5 heteroatoms. The smallest absolute Gasteiger partial charge is 0.339 e. The van der Waals surface area contributed by atoms with E-state index in [0.29, 0.717) is 0 Å². The van der Waals surface area contributed by atoms with Gasteiger partial charge in [-0.25, -0.2) is 4.79 Å². The van der Waals surface area contributed by atoms with Gasteiger partial charge in [0.05, 0.1) is 12.4 Å². The molecular formula is C4H6N4O. The van der Waals surface area contributed by atoms with Crippen molar-refractivity contribution in [3.63, 3.8) is 0 Å². The number of carbonyl (C=O) groups excluding carboxylic acids is 1. The van der Waals surface area contributed by atoms with Crippen LogP contribution in [0.3, 0.4) is 0 Å². The molecule has 0 aliphatic heterocycles. The summed E-state index contributed by atoms with van der Waals surface area (Å²) in [5.41, 5.74) is 0. The number of hydrogen-bond acceptors (Lipinski definition) is 3. The number of nitrogens with one attached hydrogen (secondary N) is 1. The van der Waals surface area contributed by atoms with Gasteiger partial charge in [0.15, 0.2) is 0 Å². The van der Waals surface area contributed by atoms with E-state index in [1.165, 1.54) is 19.4 Å². The molecule has 5 nitrogen and oxygen atoms in total. The van der Waals surface area contributed by atoms with Gasteiger partial charge >= 0.3 is 6.03 Å². The first-order chi connectivity index (χ1) is 4.34. The van der Waals surface area contributed by atoms with E-state index in [1.54, 1.807) is 0 Å². The fourth-order valence-electron chi connectivity index (χ4n) is 0.431. The van der Waals surface area contributed by atoms with Gasteiger partial charge in [-0.05, 0) is 0 Å². The Morgan fingerprint density at radius 3 is 3.00 bits per heavy atom. The fraction of sp³-hybridized carbons (Fsp3) is 0.250. The highest BCUT2D eigenvalue weighted by Crippen LogP contribution is 1.76. The molecule has 1 rings (SSSR count). The molecule has 0 spiro atoms. The van der Waals surface area contributed by atoms with Gasteiger partial charge in [-0.2, -0.15) is 4.68 Å². The molecule has 1 aromatic heterocycles. The number of amides is 1. The van der Waals surface area contributed by atoms with Crippen molar-refractivity contribution in [1.29, 1.82) is 0 Å². The SMILES string of the molecule is CNC(=O)n1ccnn1. The predicted molar refractivity (Wildman–Crippen MR) is 29.9 cm³/mol. The van der Waals surface area contributed by atoms with E-state index in [-0.39, 0.29) is 6.03 Å².